The van der Waals surface area contributed by atoms with Gasteiger partial charge < -0.3 is 9.64 Å². The standard InChI is InChI=1S/C20H24N2O4S/c1-13-12-16(7-8-17(13)22-11-5-6-20(22)23)21-27(24,25)19-10-9-18(26-4)14(2)15(19)3/h7-10,12,21H,5-6,11H2,1-4H3. The summed E-state index contributed by atoms with van der Waals surface area (Å²) in [5.41, 5.74) is 3.60. The Morgan fingerprint density at radius 3 is 2.41 bits per heavy atom. The van der Waals surface area contributed by atoms with Gasteiger partial charge in [-0.2, -0.15) is 0 Å². The number of carbonyl (C=O) groups excluding carboxylic acids is 1. The second-order valence-electron chi connectivity index (χ2n) is 6.77. The lowest BCUT2D eigenvalue weighted by atomic mass is 10.1. The van der Waals surface area contributed by atoms with Crippen molar-refractivity contribution in [2.75, 3.05) is 23.3 Å². The van der Waals surface area contributed by atoms with Crippen LogP contribution in [0.4, 0.5) is 11.4 Å². The third kappa shape index (κ3) is 3.64. The van der Waals surface area contributed by atoms with Crippen molar-refractivity contribution in [1.29, 1.82) is 0 Å². The van der Waals surface area contributed by atoms with Gasteiger partial charge in [-0.15, -0.1) is 0 Å². The molecule has 27 heavy (non-hydrogen) atoms. The number of hydrogen-bond donors (Lipinski definition) is 1. The Hall–Kier alpha value is -2.54. The van der Waals surface area contributed by atoms with Crippen LogP contribution in [0.1, 0.15) is 29.5 Å². The number of methoxy groups -OCH3 is 1. The van der Waals surface area contributed by atoms with Gasteiger partial charge in [0.2, 0.25) is 5.91 Å². The highest BCUT2D eigenvalue weighted by molar-refractivity contribution is 7.92. The van der Waals surface area contributed by atoms with Gasteiger partial charge in [0, 0.05) is 24.3 Å². The van der Waals surface area contributed by atoms with Gasteiger partial charge in [-0.05, 0) is 74.2 Å². The Balaban J connectivity index is 1.89. The molecular formula is C20H24N2O4S. The maximum atomic E-state index is 12.9. The molecule has 7 heteroatoms. The molecule has 0 aliphatic carbocycles. The number of aryl methyl sites for hydroxylation is 1. The van der Waals surface area contributed by atoms with Crippen molar-refractivity contribution in [2.45, 2.75) is 38.5 Å². The van der Waals surface area contributed by atoms with E-state index in [0.29, 0.717) is 30.0 Å². The van der Waals surface area contributed by atoms with Crippen molar-refractivity contribution in [1.82, 2.24) is 0 Å². The Bertz CT molecular complexity index is 999. The Morgan fingerprint density at radius 1 is 1.07 bits per heavy atom. The summed E-state index contributed by atoms with van der Waals surface area (Å²) in [5.74, 6) is 0.762. The smallest absolute Gasteiger partial charge is 0.262 e. The van der Waals surface area contributed by atoms with Crippen molar-refractivity contribution in [2.24, 2.45) is 0 Å². The van der Waals surface area contributed by atoms with Crippen LogP contribution in [0.2, 0.25) is 0 Å². The first-order valence-electron chi connectivity index (χ1n) is 8.82. The normalized spacial score (nSPS) is 14.5. The first-order valence-corrected chi connectivity index (χ1v) is 10.3. The predicted molar refractivity (Wildman–Crippen MR) is 106 cm³/mol. The summed E-state index contributed by atoms with van der Waals surface area (Å²) in [6, 6.07) is 8.45. The van der Waals surface area contributed by atoms with Crippen molar-refractivity contribution < 1.29 is 17.9 Å². The Morgan fingerprint density at radius 2 is 1.81 bits per heavy atom. The number of anilines is 2. The highest BCUT2D eigenvalue weighted by Gasteiger charge is 2.24. The molecule has 0 atom stereocenters. The number of amides is 1. The van der Waals surface area contributed by atoms with E-state index >= 15 is 0 Å². The second-order valence-corrected chi connectivity index (χ2v) is 8.42. The molecule has 0 radical (unpaired) electrons. The van der Waals surface area contributed by atoms with Crippen LogP contribution < -0.4 is 14.4 Å². The Labute approximate surface area is 160 Å². The summed E-state index contributed by atoms with van der Waals surface area (Å²) >= 11 is 0. The molecule has 144 valence electrons. The molecule has 1 amide bonds. The van der Waals surface area contributed by atoms with Gasteiger partial charge in [-0.3, -0.25) is 9.52 Å². The molecule has 0 bridgehead atoms. The van der Waals surface area contributed by atoms with E-state index in [9.17, 15) is 13.2 Å². The topological polar surface area (TPSA) is 75.7 Å². The predicted octanol–water partition coefficient (Wildman–Crippen LogP) is 3.55. The number of ether oxygens (including phenoxy) is 1. The van der Waals surface area contributed by atoms with Crippen molar-refractivity contribution >= 4 is 27.3 Å². The van der Waals surface area contributed by atoms with Gasteiger partial charge in [0.15, 0.2) is 0 Å². The van der Waals surface area contributed by atoms with E-state index in [1.807, 2.05) is 13.8 Å². The third-order valence-electron chi connectivity index (χ3n) is 5.01. The van der Waals surface area contributed by atoms with Gasteiger partial charge in [0.05, 0.1) is 12.0 Å². The van der Waals surface area contributed by atoms with Gasteiger partial charge in [-0.1, -0.05) is 0 Å². The van der Waals surface area contributed by atoms with E-state index < -0.39 is 10.0 Å². The van der Waals surface area contributed by atoms with E-state index in [0.717, 1.165) is 23.2 Å². The summed E-state index contributed by atoms with van der Waals surface area (Å²) in [5, 5.41) is 0. The first-order chi connectivity index (χ1) is 12.7. The van der Waals surface area contributed by atoms with Crippen LogP contribution in [0, 0.1) is 20.8 Å². The summed E-state index contributed by atoms with van der Waals surface area (Å²) in [6.45, 7) is 6.18. The van der Waals surface area contributed by atoms with E-state index in [1.165, 1.54) is 0 Å². The average Bonchev–Trinajstić information content (AvgIpc) is 3.02. The van der Waals surface area contributed by atoms with Crippen molar-refractivity contribution in [3.8, 4) is 5.75 Å². The number of sulfonamides is 1. The van der Waals surface area contributed by atoms with Crippen LogP contribution in [0.25, 0.3) is 0 Å². The number of nitrogens with one attached hydrogen (secondary N) is 1. The van der Waals surface area contributed by atoms with E-state index in [4.69, 9.17) is 4.74 Å². The molecule has 1 saturated heterocycles. The summed E-state index contributed by atoms with van der Waals surface area (Å²) in [6.07, 6.45) is 1.41. The second kappa shape index (κ2) is 7.23. The van der Waals surface area contributed by atoms with E-state index in [2.05, 4.69) is 4.72 Å². The molecule has 1 N–H and O–H groups in total. The van der Waals surface area contributed by atoms with Crippen LogP contribution in [-0.4, -0.2) is 28.0 Å². The lowest BCUT2D eigenvalue weighted by molar-refractivity contribution is -0.117. The molecule has 1 aliphatic heterocycles. The SMILES string of the molecule is COc1ccc(S(=O)(=O)Nc2ccc(N3CCCC3=O)c(C)c2)c(C)c1C. The molecule has 0 spiro atoms. The van der Waals surface area contributed by atoms with Gasteiger partial charge in [0.1, 0.15) is 5.75 Å². The quantitative estimate of drug-likeness (QED) is 0.850. The van der Waals surface area contributed by atoms with E-state index in [1.54, 1.807) is 49.3 Å². The zero-order valence-electron chi connectivity index (χ0n) is 16.0. The van der Waals surface area contributed by atoms with E-state index in [-0.39, 0.29) is 10.8 Å². The monoisotopic (exact) mass is 388 g/mol. The Kier molecular flexibility index (Phi) is 5.15. The number of nitrogens with zero attached hydrogens (tertiary/aromatic N) is 1. The molecule has 1 fully saturated rings. The lowest BCUT2D eigenvalue weighted by Crippen LogP contribution is -2.24. The maximum absolute atomic E-state index is 12.9. The molecule has 6 nitrogen and oxygen atoms in total. The van der Waals surface area contributed by atoms with Crippen LogP contribution in [-0.2, 0) is 14.8 Å². The number of rotatable bonds is 5. The summed E-state index contributed by atoms with van der Waals surface area (Å²) in [7, 11) is -2.18. The molecule has 1 heterocycles. The van der Waals surface area contributed by atoms with Crippen molar-refractivity contribution in [3.05, 3.63) is 47.0 Å². The molecule has 2 aromatic carbocycles. The van der Waals surface area contributed by atoms with Crippen LogP contribution in [0.5, 0.6) is 5.75 Å². The fraction of sp³-hybridized carbons (Fsp3) is 0.350. The molecule has 0 unspecified atom stereocenters. The molecule has 0 aromatic heterocycles. The van der Waals surface area contributed by atoms with Crippen LogP contribution in [0.15, 0.2) is 35.2 Å². The first kappa shape index (κ1) is 19.2. The largest absolute Gasteiger partial charge is 0.496 e. The molecule has 1 aliphatic rings. The molecule has 3 rings (SSSR count). The molecule has 2 aromatic rings. The number of carbonyl (C=O) groups is 1. The zero-order valence-corrected chi connectivity index (χ0v) is 16.8. The minimum absolute atomic E-state index is 0.107. The zero-order chi connectivity index (χ0) is 19.8. The summed E-state index contributed by atoms with van der Waals surface area (Å²) < 4.78 is 33.6. The lowest BCUT2D eigenvalue weighted by Gasteiger charge is -2.19. The van der Waals surface area contributed by atoms with Gasteiger partial charge in [0.25, 0.3) is 10.0 Å². The fourth-order valence-electron chi connectivity index (χ4n) is 3.42. The van der Waals surface area contributed by atoms with Crippen LogP contribution >= 0.6 is 0 Å². The minimum atomic E-state index is -3.74. The highest BCUT2D eigenvalue weighted by Crippen LogP contribution is 2.30. The van der Waals surface area contributed by atoms with Crippen LogP contribution in [0.3, 0.4) is 0 Å². The average molecular weight is 388 g/mol. The van der Waals surface area contributed by atoms with Gasteiger partial charge in [-0.25, -0.2) is 8.42 Å². The number of hydrogen-bond acceptors (Lipinski definition) is 4. The molecule has 0 saturated carbocycles. The summed E-state index contributed by atoms with van der Waals surface area (Å²) in [4.78, 5) is 13.9. The van der Waals surface area contributed by atoms with Gasteiger partial charge >= 0.3 is 0 Å². The maximum Gasteiger partial charge on any atom is 0.262 e. The number of benzene rings is 2. The third-order valence-corrected chi connectivity index (χ3v) is 6.54. The van der Waals surface area contributed by atoms with Crippen molar-refractivity contribution in [3.63, 3.8) is 0 Å². The minimum Gasteiger partial charge on any atom is -0.496 e. The fourth-order valence-corrected chi connectivity index (χ4v) is 4.77. The molecular weight excluding hydrogens is 364 g/mol. The highest BCUT2D eigenvalue weighted by atomic mass is 32.2.